The highest BCUT2D eigenvalue weighted by Gasteiger charge is 2.31. The first-order chi connectivity index (χ1) is 10.5. The molecular formula is C15H14F3N3S. The molecule has 0 N–H and O–H groups in total. The van der Waals surface area contributed by atoms with E-state index in [-0.39, 0.29) is 0 Å². The van der Waals surface area contributed by atoms with Crippen molar-refractivity contribution >= 4 is 17.4 Å². The third kappa shape index (κ3) is 3.52. The molecule has 0 spiro atoms. The van der Waals surface area contributed by atoms with E-state index in [4.69, 9.17) is 0 Å². The van der Waals surface area contributed by atoms with E-state index in [1.165, 1.54) is 17.8 Å². The minimum Gasteiger partial charge on any atom is -0.370 e. The molecule has 3 rings (SSSR count). The van der Waals surface area contributed by atoms with Crippen molar-refractivity contribution in [1.82, 2.24) is 9.97 Å². The van der Waals surface area contributed by atoms with Crippen LogP contribution in [-0.4, -0.2) is 28.3 Å². The van der Waals surface area contributed by atoms with Gasteiger partial charge in [-0.05, 0) is 30.7 Å². The van der Waals surface area contributed by atoms with Gasteiger partial charge in [0.25, 0.3) is 0 Å². The van der Waals surface area contributed by atoms with Gasteiger partial charge in [-0.1, -0.05) is 0 Å². The van der Waals surface area contributed by atoms with Crippen LogP contribution in [0.25, 0.3) is 0 Å². The number of hydrogen-bond acceptors (Lipinski definition) is 4. The molecule has 0 unspecified atom stereocenters. The zero-order valence-electron chi connectivity index (χ0n) is 11.6. The van der Waals surface area contributed by atoms with Gasteiger partial charge in [-0.3, -0.25) is 4.98 Å². The van der Waals surface area contributed by atoms with E-state index in [0.717, 1.165) is 37.5 Å². The standard InChI is InChI=1S/C15H14F3N3S/c16-15(17,18)11-1-2-14(20-9-11)22-13-5-8-21(10-13)12-3-6-19-7-4-12/h1-4,6-7,9,13H,5,8,10H2/t13-/m1/s1. The molecule has 22 heavy (non-hydrogen) atoms. The Morgan fingerprint density at radius 1 is 1.14 bits per heavy atom. The van der Waals surface area contributed by atoms with Crippen molar-refractivity contribution in [2.45, 2.75) is 22.9 Å². The SMILES string of the molecule is FC(F)(F)c1ccc(S[C@@H]2CCN(c3ccncc3)C2)nc1. The fraction of sp³-hybridized carbons (Fsp3) is 0.333. The van der Waals surface area contributed by atoms with Gasteiger partial charge < -0.3 is 4.90 Å². The molecule has 0 radical (unpaired) electrons. The number of halogens is 3. The summed E-state index contributed by atoms with van der Waals surface area (Å²) in [5.41, 5.74) is 0.417. The predicted molar refractivity (Wildman–Crippen MR) is 80.0 cm³/mol. The second-order valence-electron chi connectivity index (χ2n) is 5.06. The lowest BCUT2D eigenvalue weighted by Gasteiger charge is -2.18. The molecule has 0 bridgehead atoms. The van der Waals surface area contributed by atoms with Crippen molar-refractivity contribution in [3.05, 3.63) is 48.4 Å². The average molecular weight is 325 g/mol. The highest BCUT2D eigenvalue weighted by Crippen LogP contribution is 2.33. The molecule has 2 aromatic rings. The molecule has 1 aliphatic heterocycles. The van der Waals surface area contributed by atoms with Gasteiger partial charge in [-0.2, -0.15) is 13.2 Å². The number of anilines is 1. The molecular weight excluding hydrogens is 311 g/mol. The third-order valence-corrected chi connectivity index (χ3v) is 4.73. The zero-order valence-corrected chi connectivity index (χ0v) is 12.4. The number of hydrogen-bond donors (Lipinski definition) is 0. The lowest BCUT2D eigenvalue weighted by molar-refractivity contribution is -0.137. The number of nitrogens with zero attached hydrogens (tertiary/aromatic N) is 3. The minimum atomic E-state index is -4.33. The van der Waals surface area contributed by atoms with Crippen molar-refractivity contribution in [3.63, 3.8) is 0 Å². The first-order valence-electron chi connectivity index (χ1n) is 6.87. The van der Waals surface area contributed by atoms with Gasteiger partial charge >= 0.3 is 6.18 Å². The number of pyridine rings is 2. The van der Waals surface area contributed by atoms with Crippen LogP contribution < -0.4 is 4.90 Å². The number of rotatable bonds is 3. The maximum Gasteiger partial charge on any atom is 0.417 e. The van der Waals surface area contributed by atoms with Crippen molar-refractivity contribution in [2.24, 2.45) is 0 Å². The van der Waals surface area contributed by atoms with Crippen LogP contribution in [0.4, 0.5) is 18.9 Å². The molecule has 3 nitrogen and oxygen atoms in total. The number of alkyl halides is 3. The Morgan fingerprint density at radius 2 is 1.91 bits per heavy atom. The lowest BCUT2D eigenvalue weighted by atomic mass is 10.3. The van der Waals surface area contributed by atoms with Gasteiger partial charge in [0, 0.05) is 42.6 Å². The Hall–Kier alpha value is -1.76. The Labute approximate surface area is 130 Å². The molecule has 0 aromatic carbocycles. The van der Waals surface area contributed by atoms with Crippen molar-refractivity contribution in [1.29, 1.82) is 0 Å². The molecule has 2 aromatic heterocycles. The second-order valence-corrected chi connectivity index (χ2v) is 6.38. The van der Waals surface area contributed by atoms with Gasteiger partial charge in [-0.15, -0.1) is 11.8 Å². The molecule has 0 saturated carbocycles. The summed E-state index contributed by atoms with van der Waals surface area (Å²) in [6.07, 6.45) is 1.07. The zero-order chi connectivity index (χ0) is 15.6. The maximum absolute atomic E-state index is 12.5. The highest BCUT2D eigenvalue weighted by molar-refractivity contribution is 7.99. The summed E-state index contributed by atoms with van der Waals surface area (Å²) in [6, 6.07) is 6.46. The summed E-state index contributed by atoms with van der Waals surface area (Å²) in [6.45, 7) is 1.79. The van der Waals surface area contributed by atoms with Gasteiger partial charge in [0.05, 0.1) is 10.6 Å². The van der Waals surface area contributed by atoms with Crippen molar-refractivity contribution in [2.75, 3.05) is 18.0 Å². The van der Waals surface area contributed by atoms with Crippen LogP contribution in [0, 0.1) is 0 Å². The minimum absolute atomic E-state index is 0.331. The normalized spacial score (nSPS) is 18.7. The van der Waals surface area contributed by atoms with Gasteiger partial charge in [-0.25, -0.2) is 4.98 Å². The van der Waals surface area contributed by atoms with E-state index in [1.54, 1.807) is 12.4 Å². The summed E-state index contributed by atoms with van der Waals surface area (Å²) >= 11 is 1.53. The first kappa shape index (κ1) is 15.1. The van der Waals surface area contributed by atoms with E-state index < -0.39 is 11.7 Å². The predicted octanol–water partition coefficient (Wildman–Crippen LogP) is 3.87. The largest absolute Gasteiger partial charge is 0.417 e. The molecule has 0 amide bonds. The maximum atomic E-state index is 12.5. The molecule has 0 aliphatic carbocycles. The Kier molecular flexibility index (Phi) is 4.24. The topological polar surface area (TPSA) is 29.0 Å². The fourth-order valence-electron chi connectivity index (χ4n) is 2.40. The summed E-state index contributed by atoms with van der Waals surface area (Å²) in [7, 11) is 0. The summed E-state index contributed by atoms with van der Waals surface area (Å²) in [4.78, 5) is 10.2. The van der Waals surface area contributed by atoms with Gasteiger partial charge in [0.15, 0.2) is 0 Å². The lowest BCUT2D eigenvalue weighted by Crippen LogP contribution is -2.20. The third-order valence-electron chi connectivity index (χ3n) is 3.52. The van der Waals surface area contributed by atoms with Crippen molar-refractivity contribution in [3.8, 4) is 0 Å². The van der Waals surface area contributed by atoms with E-state index in [2.05, 4.69) is 14.9 Å². The molecule has 3 heterocycles. The first-order valence-corrected chi connectivity index (χ1v) is 7.75. The quantitative estimate of drug-likeness (QED) is 0.857. The Bertz CT molecular complexity index is 616. The van der Waals surface area contributed by atoms with E-state index in [1.807, 2.05) is 12.1 Å². The van der Waals surface area contributed by atoms with Crippen LogP contribution in [0.2, 0.25) is 0 Å². The number of aromatic nitrogens is 2. The average Bonchev–Trinajstić information content (AvgIpc) is 2.96. The summed E-state index contributed by atoms with van der Waals surface area (Å²) in [5, 5.41) is 0.965. The Morgan fingerprint density at radius 3 is 2.55 bits per heavy atom. The van der Waals surface area contributed by atoms with Crippen LogP contribution in [0.3, 0.4) is 0 Å². The highest BCUT2D eigenvalue weighted by atomic mass is 32.2. The summed E-state index contributed by atoms with van der Waals surface area (Å²) < 4.78 is 37.5. The van der Waals surface area contributed by atoms with Crippen LogP contribution >= 0.6 is 11.8 Å². The fourth-order valence-corrected chi connectivity index (χ4v) is 3.48. The molecule has 116 valence electrons. The van der Waals surface area contributed by atoms with Gasteiger partial charge in [0.2, 0.25) is 0 Å². The van der Waals surface area contributed by atoms with E-state index in [9.17, 15) is 13.2 Å². The molecule has 7 heteroatoms. The van der Waals surface area contributed by atoms with Crippen molar-refractivity contribution < 1.29 is 13.2 Å². The molecule has 1 fully saturated rings. The molecule has 1 aliphatic rings. The van der Waals surface area contributed by atoms with Crippen LogP contribution in [0.15, 0.2) is 47.9 Å². The molecule has 1 saturated heterocycles. The van der Waals surface area contributed by atoms with Crippen LogP contribution in [0.5, 0.6) is 0 Å². The molecule has 1 atom stereocenters. The Balaban J connectivity index is 1.61. The smallest absolute Gasteiger partial charge is 0.370 e. The van der Waals surface area contributed by atoms with Crippen LogP contribution in [0.1, 0.15) is 12.0 Å². The van der Waals surface area contributed by atoms with Gasteiger partial charge in [0.1, 0.15) is 0 Å². The monoisotopic (exact) mass is 325 g/mol. The van der Waals surface area contributed by atoms with Crippen LogP contribution in [-0.2, 0) is 6.18 Å². The van der Waals surface area contributed by atoms with E-state index >= 15 is 0 Å². The number of thioether (sulfide) groups is 1. The summed E-state index contributed by atoms with van der Waals surface area (Å²) in [5.74, 6) is 0. The van der Waals surface area contributed by atoms with E-state index in [0.29, 0.717) is 10.3 Å². The second kappa shape index (κ2) is 6.16.